The van der Waals surface area contributed by atoms with Crippen molar-refractivity contribution in [1.29, 1.82) is 0 Å². The highest BCUT2D eigenvalue weighted by molar-refractivity contribution is 5.97. The summed E-state index contributed by atoms with van der Waals surface area (Å²) in [6, 6.07) is 6.54. The lowest BCUT2D eigenvalue weighted by Gasteiger charge is -2.22. The summed E-state index contributed by atoms with van der Waals surface area (Å²) in [5.74, 6) is 0.243. The van der Waals surface area contributed by atoms with Crippen molar-refractivity contribution in [3.05, 3.63) is 29.8 Å². The Hall–Kier alpha value is -2.04. The van der Waals surface area contributed by atoms with E-state index in [2.05, 4.69) is 0 Å². The summed E-state index contributed by atoms with van der Waals surface area (Å²) in [5, 5.41) is 0. The van der Waals surface area contributed by atoms with Crippen LogP contribution in [0.2, 0.25) is 0 Å². The molecule has 2 rings (SSSR count). The summed E-state index contributed by atoms with van der Waals surface area (Å²) in [6.07, 6.45) is 1.57. The van der Waals surface area contributed by atoms with Gasteiger partial charge in [-0.05, 0) is 51.0 Å². The number of hydrogen-bond acceptors (Lipinski definition) is 4. The van der Waals surface area contributed by atoms with Gasteiger partial charge in [0.15, 0.2) is 0 Å². The molecule has 21 heavy (non-hydrogen) atoms. The lowest BCUT2D eigenvalue weighted by atomic mass is 10.1. The molecule has 1 aromatic rings. The second-order valence-corrected chi connectivity index (χ2v) is 5.37. The predicted octanol–water partition coefficient (Wildman–Crippen LogP) is 2.25. The van der Waals surface area contributed by atoms with Gasteiger partial charge in [-0.25, -0.2) is 4.79 Å². The first-order valence-electron chi connectivity index (χ1n) is 7.18. The Morgan fingerprint density at radius 1 is 1.24 bits per heavy atom. The molecule has 1 atom stereocenters. The molecular weight excluding hydrogens is 270 g/mol. The Morgan fingerprint density at radius 3 is 2.48 bits per heavy atom. The molecule has 1 aromatic carbocycles. The number of methoxy groups -OCH3 is 1. The van der Waals surface area contributed by atoms with E-state index in [1.165, 1.54) is 7.11 Å². The number of nitrogens with zero attached hydrogens (tertiary/aromatic N) is 1. The van der Waals surface area contributed by atoms with Gasteiger partial charge in [0.1, 0.15) is 11.8 Å². The molecule has 0 aromatic heterocycles. The van der Waals surface area contributed by atoms with E-state index in [1.807, 2.05) is 13.8 Å². The number of amides is 1. The summed E-state index contributed by atoms with van der Waals surface area (Å²) in [5.41, 5.74) is 0.557. The highest BCUT2D eigenvalue weighted by Crippen LogP contribution is 2.22. The molecule has 0 N–H and O–H groups in total. The summed E-state index contributed by atoms with van der Waals surface area (Å²) in [6.45, 7) is 4.48. The van der Waals surface area contributed by atoms with Gasteiger partial charge in [-0.2, -0.15) is 0 Å². The van der Waals surface area contributed by atoms with Gasteiger partial charge in [-0.3, -0.25) is 4.79 Å². The topological polar surface area (TPSA) is 55.8 Å². The normalized spacial score (nSPS) is 17.9. The molecule has 1 aliphatic rings. The molecule has 0 radical (unpaired) electrons. The molecule has 0 bridgehead atoms. The third kappa shape index (κ3) is 3.54. The molecule has 1 saturated heterocycles. The highest BCUT2D eigenvalue weighted by atomic mass is 16.5. The van der Waals surface area contributed by atoms with Crippen molar-refractivity contribution in [3.63, 3.8) is 0 Å². The molecule has 114 valence electrons. The average Bonchev–Trinajstić information content (AvgIpc) is 2.95. The van der Waals surface area contributed by atoms with E-state index in [1.54, 1.807) is 29.2 Å². The molecule has 1 fully saturated rings. The van der Waals surface area contributed by atoms with Gasteiger partial charge in [-0.1, -0.05) is 0 Å². The Labute approximate surface area is 124 Å². The van der Waals surface area contributed by atoms with Gasteiger partial charge in [0.2, 0.25) is 0 Å². The fraction of sp³-hybridized carbons (Fsp3) is 0.500. The van der Waals surface area contributed by atoms with Crippen LogP contribution in [0.1, 0.15) is 37.0 Å². The molecule has 1 aliphatic heterocycles. The molecule has 5 nitrogen and oxygen atoms in total. The van der Waals surface area contributed by atoms with Crippen LogP contribution >= 0.6 is 0 Å². The largest absolute Gasteiger partial charge is 0.491 e. The molecule has 0 unspecified atom stereocenters. The third-order valence-corrected chi connectivity index (χ3v) is 3.46. The van der Waals surface area contributed by atoms with Crippen LogP contribution in [0.25, 0.3) is 0 Å². The minimum absolute atomic E-state index is 0.0915. The third-order valence-electron chi connectivity index (χ3n) is 3.46. The minimum Gasteiger partial charge on any atom is -0.491 e. The van der Waals surface area contributed by atoms with Gasteiger partial charge < -0.3 is 14.4 Å². The Kier molecular flexibility index (Phi) is 4.83. The Morgan fingerprint density at radius 2 is 1.90 bits per heavy atom. The monoisotopic (exact) mass is 291 g/mol. The van der Waals surface area contributed by atoms with Crippen molar-refractivity contribution in [2.24, 2.45) is 0 Å². The first kappa shape index (κ1) is 15.4. The van der Waals surface area contributed by atoms with Crippen molar-refractivity contribution < 1.29 is 19.1 Å². The molecule has 1 amide bonds. The maximum absolute atomic E-state index is 12.5. The Bertz CT molecular complexity index is 510. The fourth-order valence-corrected chi connectivity index (χ4v) is 2.50. The van der Waals surface area contributed by atoms with E-state index < -0.39 is 6.04 Å². The first-order valence-corrected chi connectivity index (χ1v) is 7.18. The number of rotatable bonds is 4. The lowest BCUT2D eigenvalue weighted by molar-refractivity contribution is -0.145. The SMILES string of the molecule is COC(=O)[C@H]1CCCN1C(=O)c1ccc(OC(C)C)cc1. The number of ether oxygens (including phenoxy) is 2. The number of carbonyl (C=O) groups excluding carboxylic acids is 2. The second-order valence-electron chi connectivity index (χ2n) is 5.37. The quantitative estimate of drug-likeness (QED) is 0.798. The number of benzene rings is 1. The standard InChI is InChI=1S/C16H21NO4/c1-11(2)21-13-8-6-12(7-9-13)15(18)17-10-4-5-14(17)16(19)20-3/h6-9,11,14H,4-5,10H2,1-3H3/t14-/m1/s1. The van der Waals surface area contributed by atoms with Crippen LogP contribution in [0.4, 0.5) is 0 Å². The van der Waals surface area contributed by atoms with Gasteiger partial charge >= 0.3 is 5.97 Å². The van der Waals surface area contributed by atoms with Crippen LogP contribution in [0.3, 0.4) is 0 Å². The fourth-order valence-electron chi connectivity index (χ4n) is 2.50. The molecule has 0 saturated carbocycles. The van der Waals surface area contributed by atoms with E-state index in [9.17, 15) is 9.59 Å². The Balaban J connectivity index is 2.10. The molecule has 0 aliphatic carbocycles. The van der Waals surface area contributed by atoms with Gasteiger partial charge in [0, 0.05) is 12.1 Å². The van der Waals surface area contributed by atoms with Crippen LogP contribution in [-0.4, -0.2) is 42.6 Å². The lowest BCUT2D eigenvalue weighted by Crippen LogP contribution is -2.41. The highest BCUT2D eigenvalue weighted by Gasteiger charge is 2.35. The summed E-state index contributed by atoms with van der Waals surface area (Å²) >= 11 is 0. The van der Waals surface area contributed by atoms with Gasteiger partial charge in [0.25, 0.3) is 5.91 Å². The van der Waals surface area contributed by atoms with Crippen molar-refractivity contribution >= 4 is 11.9 Å². The van der Waals surface area contributed by atoms with Gasteiger partial charge in [-0.15, -0.1) is 0 Å². The van der Waals surface area contributed by atoms with E-state index in [0.717, 1.165) is 12.2 Å². The molecule has 1 heterocycles. The van der Waals surface area contributed by atoms with Crippen LogP contribution in [0.5, 0.6) is 5.75 Å². The van der Waals surface area contributed by atoms with Gasteiger partial charge in [0.05, 0.1) is 13.2 Å². The molecular formula is C16H21NO4. The van der Waals surface area contributed by atoms with Crippen LogP contribution in [0, 0.1) is 0 Å². The number of likely N-dealkylation sites (tertiary alicyclic amines) is 1. The van der Waals surface area contributed by atoms with Crippen molar-refractivity contribution in [1.82, 2.24) is 4.90 Å². The van der Waals surface area contributed by atoms with Crippen LogP contribution in [0.15, 0.2) is 24.3 Å². The van der Waals surface area contributed by atoms with E-state index in [0.29, 0.717) is 18.5 Å². The smallest absolute Gasteiger partial charge is 0.328 e. The summed E-state index contributed by atoms with van der Waals surface area (Å²) in [4.78, 5) is 25.8. The van der Waals surface area contributed by atoms with Crippen LogP contribution < -0.4 is 4.74 Å². The number of esters is 1. The summed E-state index contributed by atoms with van der Waals surface area (Å²) in [7, 11) is 1.35. The number of hydrogen-bond donors (Lipinski definition) is 0. The van der Waals surface area contributed by atoms with E-state index in [-0.39, 0.29) is 18.0 Å². The molecule has 5 heteroatoms. The van der Waals surface area contributed by atoms with Crippen molar-refractivity contribution in [3.8, 4) is 5.75 Å². The zero-order valence-corrected chi connectivity index (χ0v) is 12.7. The van der Waals surface area contributed by atoms with E-state index >= 15 is 0 Å². The maximum atomic E-state index is 12.5. The molecule has 0 spiro atoms. The van der Waals surface area contributed by atoms with E-state index in [4.69, 9.17) is 9.47 Å². The van der Waals surface area contributed by atoms with Crippen molar-refractivity contribution in [2.45, 2.75) is 38.8 Å². The van der Waals surface area contributed by atoms with Crippen molar-refractivity contribution in [2.75, 3.05) is 13.7 Å². The first-order chi connectivity index (χ1) is 10.0. The van der Waals surface area contributed by atoms with Crippen LogP contribution in [-0.2, 0) is 9.53 Å². The average molecular weight is 291 g/mol. The zero-order valence-electron chi connectivity index (χ0n) is 12.7. The minimum atomic E-state index is -0.464. The number of carbonyl (C=O) groups is 2. The summed E-state index contributed by atoms with van der Waals surface area (Å²) < 4.78 is 10.3. The zero-order chi connectivity index (χ0) is 15.4. The predicted molar refractivity (Wildman–Crippen MR) is 78.3 cm³/mol. The maximum Gasteiger partial charge on any atom is 0.328 e. The second kappa shape index (κ2) is 6.61.